The molecule has 6 aliphatic rings. The van der Waals surface area contributed by atoms with Crippen molar-refractivity contribution >= 4 is 11.8 Å². The number of aliphatic hydroxyl groups is 3. The van der Waals surface area contributed by atoms with Crippen LogP contribution in [0.1, 0.15) is 46.5 Å². The Morgan fingerprint density at radius 2 is 1.87 bits per heavy atom. The molecule has 0 amide bonds. The van der Waals surface area contributed by atoms with Gasteiger partial charge in [-0.3, -0.25) is 9.59 Å². The third-order valence-electron chi connectivity index (χ3n) is 9.40. The normalized spacial score (nSPS) is 54.4. The van der Waals surface area contributed by atoms with Crippen LogP contribution in [-0.4, -0.2) is 64.6 Å². The molecule has 0 aromatic heterocycles. The standard InChI is InChI=1S/C23H32O8/c1-10-12-6-7-13-21-14(30-11(2)24)8-9-20(3,4)15(21)18(27)23(28,31-19(21)29-5)22(13,16(10)25)17(12)26/h12-15,17-19,26-28H,1,6-9H2,2-5H3/t12-,13-,14-,15+,17+,18-,19+,21-,22-,23+/m0/s1. The van der Waals surface area contributed by atoms with Gasteiger partial charge in [-0.1, -0.05) is 20.4 Å². The van der Waals surface area contributed by atoms with Gasteiger partial charge in [0.15, 0.2) is 12.1 Å². The number of esters is 1. The van der Waals surface area contributed by atoms with Crippen LogP contribution in [0.2, 0.25) is 0 Å². The molecule has 4 aliphatic carbocycles. The smallest absolute Gasteiger partial charge is 0.302 e. The van der Waals surface area contributed by atoms with Crippen LogP contribution in [0.15, 0.2) is 12.2 Å². The zero-order valence-electron chi connectivity index (χ0n) is 18.5. The van der Waals surface area contributed by atoms with Crippen molar-refractivity contribution < 1.29 is 39.1 Å². The Kier molecular flexibility index (Phi) is 4.28. The molecule has 31 heavy (non-hydrogen) atoms. The number of methoxy groups -OCH3 is 1. The van der Waals surface area contributed by atoms with Gasteiger partial charge in [-0.15, -0.1) is 0 Å². The first kappa shape index (κ1) is 21.5. The summed E-state index contributed by atoms with van der Waals surface area (Å²) >= 11 is 0. The Labute approximate surface area is 181 Å². The van der Waals surface area contributed by atoms with E-state index in [1.54, 1.807) is 0 Å². The molecule has 8 heteroatoms. The van der Waals surface area contributed by atoms with E-state index in [0.717, 1.165) is 0 Å². The topological polar surface area (TPSA) is 123 Å². The Hall–Kier alpha value is -1.32. The van der Waals surface area contributed by atoms with E-state index in [4.69, 9.17) is 14.2 Å². The van der Waals surface area contributed by atoms with Crippen LogP contribution in [0, 0.1) is 34.0 Å². The summed E-state index contributed by atoms with van der Waals surface area (Å²) in [6.45, 7) is 9.26. The first-order valence-corrected chi connectivity index (χ1v) is 11.1. The van der Waals surface area contributed by atoms with E-state index in [2.05, 4.69) is 6.58 Å². The molecule has 6 fully saturated rings. The fraction of sp³-hybridized carbons (Fsp3) is 0.826. The van der Waals surface area contributed by atoms with Crippen molar-refractivity contribution in [2.45, 2.75) is 76.8 Å². The quantitative estimate of drug-likeness (QED) is 0.431. The van der Waals surface area contributed by atoms with Gasteiger partial charge in [0.1, 0.15) is 17.6 Å². The van der Waals surface area contributed by atoms with Crippen LogP contribution < -0.4 is 0 Å². The summed E-state index contributed by atoms with van der Waals surface area (Å²) in [4.78, 5) is 25.8. The third kappa shape index (κ3) is 2.05. The van der Waals surface area contributed by atoms with Crippen LogP contribution in [-0.2, 0) is 23.8 Å². The predicted molar refractivity (Wildman–Crippen MR) is 106 cm³/mol. The van der Waals surface area contributed by atoms with Crippen molar-refractivity contribution in [3.8, 4) is 0 Å². The minimum absolute atomic E-state index is 0.257. The number of Topliss-reactive ketones (excluding diaryl/α,β-unsaturated/α-hetero) is 1. The summed E-state index contributed by atoms with van der Waals surface area (Å²) in [5.74, 6) is -4.97. The summed E-state index contributed by atoms with van der Waals surface area (Å²) < 4.78 is 17.6. The van der Waals surface area contributed by atoms with Crippen LogP contribution in [0.3, 0.4) is 0 Å². The number of ether oxygens (including phenoxy) is 3. The predicted octanol–water partition coefficient (Wildman–Crippen LogP) is 0.919. The molecule has 0 aromatic rings. The fourth-order valence-electron chi connectivity index (χ4n) is 8.52. The summed E-state index contributed by atoms with van der Waals surface area (Å²) in [5.41, 5.74) is -3.10. The number of aliphatic hydroxyl groups excluding tert-OH is 2. The molecule has 6 rings (SSSR count). The Balaban J connectivity index is 1.84. The molecule has 10 atom stereocenters. The second-order valence-electron chi connectivity index (χ2n) is 10.8. The minimum Gasteiger partial charge on any atom is -0.462 e. The van der Waals surface area contributed by atoms with Crippen LogP contribution in [0.5, 0.6) is 0 Å². The molecule has 4 bridgehead atoms. The number of carbonyl (C=O) groups is 2. The largest absolute Gasteiger partial charge is 0.462 e. The number of ketones is 1. The fourth-order valence-corrected chi connectivity index (χ4v) is 8.52. The van der Waals surface area contributed by atoms with Crippen LogP contribution in [0.25, 0.3) is 0 Å². The first-order valence-electron chi connectivity index (χ1n) is 11.1. The number of rotatable bonds is 2. The van der Waals surface area contributed by atoms with Gasteiger partial charge in [-0.05, 0) is 42.6 Å². The molecule has 0 unspecified atom stereocenters. The zero-order chi connectivity index (χ0) is 22.7. The van der Waals surface area contributed by atoms with E-state index in [-0.39, 0.29) is 5.57 Å². The minimum atomic E-state index is -2.34. The van der Waals surface area contributed by atoms with E-state index in [0.29, 0.717) is 25.7 Å². The maximum Gasteiger partial charge on any atom is 0.302 e. The Morgan fingerprint density at radius 1 is 1.19 bits per heavy atom. The number of hydrogen-bond donors (Lipinski definition) is 3. The second kappa shape index (κ2) is 6.17. The molecular formula is C23H32O8. The molecule has 2 heterocycles. The van der Waals surface area contributed by atoms with E-state index < -0.39 is 76.1 Å². The van der Waals surface area contributed by atoms with Crippen LogP contribution in [0.4, 0.5) is 0 Å². The van der Waals surface area contributed by atoms with E-state index in [1.165, 1.54) is 14.0 Å². The lowest BCUT2D eigenvalue weighted by Crippen LogP contribution is -2.88. The Bertz CT molecular complexity index is 868. The first-order chi connectivity index (χ1) is 14.4. The third-order valence-corrected chi connectivity index (χ3v) is 9.40. The molecular weight excluding hydrogens is 404 g/mol. The number of carbonyl (C=O) groups excluding carboxylic acids is 2. The van der Waals surface area contributed by atoms with Gasteiger partial charge in [0.05, 0.1) is 11.5 Å². The van der Waals surface area contributed by atoms with Gasteiger partial charge in [0, 0.05) is 25.9 Å². The lowest BCUT2D eigenvalue weighted by molar-refractivity contribution is -0.509. The van der Waals surface area contributed by atoms with Gasteiger partial charge in [-0.25, -0.2) is 0 Å². The van der Waals surface area contributed by atoms with Gasteiger partial charge in [0.2, 0.25) is 5.79 Å². The highest BCUT2D eigenvalue weighted by molar-refractivity contribution is 6.05. The molecule has 4 saturated carbocycles. The number of hydrogen-bond acceptors (Lipinski definition) is 8. The molecule has 2 saturated heterocycles. The maximum absolute atomic E-state index is 13.7. The van der Waals surface area contributed by atoms with Crippen molar-refractivity contribution in [3.63, 3.8) is 0 Å². The second-order valence-corrected chi connectivity index (χ2v) is 10.8. The highest BCUT2D eigenvalue weighted by Crippen LogP contribution is 2.78. The van der Waals surface area contributed by atoms with Crippen LogP contribution >= 0.6 is 0 Å². The zero-order valence-corrected chi connectivity index (χ0v) is 18.5. The van der Waals surface area contributed by atoms with Crippen molar-refractivity contribution in [1.82, 2.24) is 0 Å². The highest BCUT2D eigenvalue weighted by atomic mass is 16.8. The van der Waals surface area contributed by atoms with Gasteiger partial charge in [-0.2, -0.15) is 0 Å². The van der Waals surface area contributed by atoms with E-state index >= 15 is 0 Å². The lowest BCUT2D eigenvalue weighted by atomic mass is 9.35. The number of fused-ring (bicyclic) bond motifs is 2. The maximum atomic E-state index is 13.7. The van der Waals surface area contributed by atoms with Crippen molar-refractivity contribution in [2.75, 3.05) is 7.11 Å². The lowest BCUT2D eigenvalue weighted by Gasteiger charge is -2.76. The van der Waals surface area contributed by atoms with Crippen molar-refractivity contribution in [1.29, 1.82) is 0 Å². The summed E-state index contributed by atoms with van der Waals surface area (Å²) in [6.07, 6.45) is -2.28. The van der Waals surface area contributed by atoms with Crippen molar-refractivity contribution in [2.24, 2.45) is 34.0 Å². The molecule has 0 aromatic carbocycles. The monoisotopic (exact) mass is 436 g/mol. The molecule has 8 nitrogen and oxygen atoms in total. The van der Waals surface area contributed by atoms with Gasteiger partial charge >= 0.3 is 5.97 Å². The average Bonchev–Trinajstić information content (AvgIpc) is 2.80. The van der Waals surface area contributed by atoms with E-state index in [1.807, 2.05) is 13.8 Å². The average molecular weight is 437 g/mol. The van der Waals surface area contributed by atoms with Gasteiger partial charge in [0.25, 0.3) is 0 Å². The van der Waals surface area contributed by atoms with Crippen molar-refractivity contribution in [3.05, 3.63) is 12.2 Å². The summed E-state index contributed by atoms with van der Waals surface area (Å²) in [7, 11) is 1.45. The summed E-state index contributed by atoms with van der Waals surface area (Å²) in [5, 5.41) is 35.0. The molecule has 2 spiro atoms. The van der Waals surface area contributed by atoms with Gasteiger partial charge < -0.3 is 29.5 Å². The SMILES string of the molecule is C=C1C(=O)[C@]23[C@H](O)[C@H]1CC[C@H]2[C@@]12[C@H](OC)O[C@]3(O)[C@@H](O)[C@@H]1C(C)(C)CC[C@@H]2OC(C)=O. The highest BCUT2D eigenvalue weighted by Gasteiger charge is 2.89. The Morgan fingerprint density at radius 3 is 2.48 bits per heavy atom. The molecule has 3 N–H and O–H groups in total. The molecule has 2 aliphatic heterocycles. The summed E-state index contributed by atoms with van der Waals surface area (Å²) in [6, 6.07) is 0. The molecule has 0 radical (unpaired) electrons. The molecule has 172 valence electrons. The van der Waals surface area contributed by atoms with E-state index in [9.17, 15) is 24.9 Å².